The maximum absolute atomic E-state index is 12.2. The molecule has 0 saturated carbocycles. The van der Waals surface area contributed by atoms with Gasteiger partial charge in [-0.3, -0.25) is 9.48 Å². The lowest BCUT2D eigenvalue weighted by molar-refractivity contribution is 0.0926. The molecule has 0 fully saturated rings. The van der Waals surface area contributed by atoms with Crippen LogP contribution in [-0.2, 0) is 6.54 Å². The Labute approximate surface area is 118 Å². The number of aryl methyl sites for hydroxylation is 2. The molecule has 0 spiro atoms. The maximum Gasteiger partial charge on any atom is 0.271 e. The van der Waals surface area contributed by atoms with Gasteiger partial charge in [-0.1, -0.05) is 5.16 Å². The summed E-state index contributed by atoms with van der Waals surface area (Å²) in [7, 11) is 0. The SMILES string of the molecule is CCn1ncc(Br)c1C(=O)NC(C)c1noc(C)n1. The van der Waals surface area contributed by atoms with E-state index in [9.17, 15) is 4.79 Å². The molecule has 0 radical (unpaired) electrons. The molecule has 7 nitrogen and oxygen atoms in total. The number of aromatic nitrogens is 4. The average Bonchev–Trinajstić information content (AvgIpc) is 2.95. The van der Waals surface area contributed by atoms with Crippen LogP contribution in [0.3, 0.4) is 0 Å². The fourth-order valence-corrected chi connectivity index (χ4v) is 2.12. The summed E-state index contributed by atoms with van der Waals surface area (Å²) >= 11 is 3.31. The van der Waals surface area contributed by atoms with Crippen molar-refractivity contribution in [2.45, 2.75) is 33.4 Å². The van der Waals surface area contributed by atoms with E-state index in [0.717, 1.165) is 0 Å². The van der Waals surface area contributed by atoms with Gasteiger partial charge in [0.25, 0.3) is 5.91 Å². The van der Waals surface area contributed by atoms with Crippen LogP contribution in [0, 0.1) is 6.92 Å². The van der Waals surface area contributed by atoms with Gasteiger partial charge in [0.1, 0.15) is 5.69 Å². The summed E-state index contributed by atoms with van der Waals surface area (Å²) in [5, 5.41) is 10.7. The fraction of sp³-hybridized carbons (Fsp3) is 0.455. The van der Waals surface area contributed by atoms with Crippen molar-refractivity contribution in [3.63, 3.8) is 0 Å². The minimum absolute atomic E-state index is 0.235. The molecule has 1 N–H and O–H groups in total. The van der Waals surface area contributed by atoms with Gasteiger partial charge in [-0.25, -0.2) is 0 Å². The van der Waals surface area contributed by atoms with E-state index in [0.29, 0.717) is 28.4 Å². The third-order valence-corrected chi connectivity index (χ3v) is 3.17. The van der Waals surface area contributed by atoms with Gasteiger partial charge in [0.15, 0.2) is 5.82 Å². The molecule has 1 amide bonds. The zero-order chi connectivity index (χ0) is 14.0. The Balaban J connectivity index is 2.14. The van der Waals surface area contributed by atoms with Gasteiger partial charge in [-0.15, -0.1) is 0 Å². The van der Waals surface area contributed by atoms with Crippen LogP contribution >= 0.6 is 15.9 Å². The first-order valence-electron chi connectivity index (χ1n) is 5.85. The van der Waals surface area contributed by atoms with Gasteiger partial charge in [0.05, 0.1) is 16.7 Å². The van der Waals surface area contributed by atoms with E-state index in [4.69, 9.17) is 4.52 Å². The number of rotatable bonds is 4. The van der Waals surface area contributed by atoms with Crippen molar-refractivity contribution < 1.29 is 9.32 Å². The van der Waals surface area contributed by atoms with E-state index in [2.05, 4.69) is 36.5 Å². The van der Waals surface area contributed by atoms with Crippen LogP contribution in [0.25, 0.3) is 0 Å². The fourth-order valence-electron chi connectivity index (χ4n) is 1.65. The highest BCUT2D eigenvalue weighted by atomic mass is 79.9. The van der Waals surface area contributed by atoms with Gasteiger partial charge in [-0.2, -0.15) is 10.1 Å². The first-order valence-corrected chi connectivity index (χ1v) is 6.64. The maximum atomic E-state index is 12.2. The van der Waals surface area contributed by atoms with Crippen LogP contribution < -0.4 is 5.32 Å². The van der Waals surface area contributed by atoms with Crippen molar-refractivity contribution in [3.05, 3.63) is 28.1 Å². The number of amides is 1. The Kier molecular flexibility index (Phi) is 3.98. The van der Waals surface area contributed by atoms with Crippen molar-refractivity contribution in [2.75, 3.05) is 0 Å². The summed E-state index contributed by atoms with van der Waals surface area (Å²) in [6, 6.07) is -0.336. The molecule has 0 aliphatic heterocycles. The molecule has 19 heavy (non-hydrogen) atoms. The summed E-state index contributed by atoms with van der Waals surface area (Å²) in [6.45, 7) is 6.03. The molecule has 2 aromatic heterocycles. The third-order valence-electron chi connectivity index (χ3n) is 2.59. The molecule has 102 valence electrons. The van der Waals surface area contributed by atoms with Crippen molar-refractivity contribution >= 4 is 21.8 Å². The van der Waals surface area contributed by atoms with Crippen molar-refractivity contribution in [3.8, 4) is 0 Å². The topological polar surface area (TPSA) is 85.8 Å². The van der Waals surface area contributed by atoms with Crippen LogP contribution in [0.1, 0.15) is 42.1 Å². The largest absolute Gasteiger partial charge is 0.341 e. The predicted molar refractivity (Wildman–Crippen MR) is 70.5 cm³/mol. The smallest absolute Gasteiger partial charge is 0.271 e. The quantitative estimate of drug-likeness (QED) is 0.926. The Morgan fingerprint density at radius 1 is 1.63 bits per heavy atom. The molecule has 1 atom stereocenters. The number of nitrogens with zero attached hydrogens (tertiary/aromatic N) is 4. The molecule has 0 aliphatic rings. The minimum Gasteiger partial charge on any atom is -0.341 e. The van der Waals surface area contributed by atoms with Crippen LogP contribution in [0.5, 0.6) is 0 Å². The summed E-state index contributed by atoms with van der Waals surface area (Å²) in [5.74, 6) is 0.682. The number of carbonyl (C=O) groups excluding carboxylic acids is 1. The van der Waals surface area contributed by atoms with Gasteiger partial charge < -0.3 is 9.84 Å². The molecular formula is C11H14BrN5O2. The van der Waals surface area contributed by atoms with E-state index in [1.807, 2.05) is 6.92 Å². The summed E-state index contributed by atoms with van der Waals surface area (Å²) in [6.07, 6.45) is 1.60. The molecule has 2 aromatic rings. The van der Waals surface area contributed by atoms with E-state index in [1.54, 1.807) is 24.7 Å². The van der Waals surface area contributed by atoms with Crippen molar-refractivity contribution in [2.24, 2.45) is 0 Å². The normalized spacial score (nSPS) is 12.4. The first-order chi connectivity index (χ1) is 9.02. The van der Waals surface area contributed by atoms with Gasteiger partial charge in [0, 0.05) is 13.5 Å². The van der Waals surface area contributed by atoms with Gasteiger partial charge in [0.2, 0.25) is 5.89 Å². The molecule has 0 saturated heterocycles. The number of nitrogens with one attached hydrogen (secondary N) is 1. The molecule has 1 unspecified atom stereocenters. The molecule has 0 aliphatic carbocycles. The summed E-state index contributed by atoms with van der Waals surface area (Å²) in [4.78, 5) is 16.3. The minimum atomic E-state index is -0.336. The molecule has 8 heteroatoms. The summed E-state index contributed by atoms with van der Waals surface area (Å²) < 4.78 is 7.16. The lowest BCUT2D eigenvalue weighted by atomic mass is 10.3. The van der Waals surface area contributed by atoms with Crippen LogP contribution in [0.4, 0.5) is 0 Å². The molecule has 2 heterocycles. The molecule has 2 rings (SSSR count). The van der Waals surface area contributed by atoms with Gasteiger partial charge in [-0.05, 0) is 29.8 Å². The Hall–Kier alpha value is -1.70. The van der Waals surface area contributed by atoms with E-state index < -0.39 is 0 Å². The monoisotopic (exact) mass is 327 g/mol. The van der Waals surface area contributed by atoms with E-state index in [1.165, 1.54) is 0 Å². The number of hydrogen-bond acceptors (Lipinski definition) is 5. The highest BCUT2D eigenvalue weighted by molar-refractivity contribution is 9.10. The Morgan fingerprint density at radius 3 is 2.95 bits per heavy atom. The number of halogens is 1. The Morgan fingerprint density at radius 2 is 2.37 bits per heavy atom. The second-order valence-corrected chi connectivity index (χ2v) is 4.88. The van der Waals surface area contributed by atoms with Gasteiger partial charge >= 0.3 is 0 Å². The summed E-state index contributed by atoms with van der Waals surface area (Å²) in [5.41, 5.74) is 0.481. The average molecular weight is 328 g/mol. The van der Waals surface area contributed by atoms with Crippen LogP contribution in [0.2, 0.25) is 0 Å². The second kappa shape index (κ2) is 5.52. The zero-order valence-corrected chi connectivity index (χ0v) is 12.4. The van der Waals surface area contributed by atoms with Crippen LogP contribution in [-0.4, -0.2) is 25.8 Å². The van der Waals surface area contributed by atoms with Crippen molar-refractivity contribution in [1.29, 1.82) is 0 Å². The number of hydrogen-bond donors (Lipinski definition) is 1. The molecule has 0 aromatic carbocycles. The molecule has 0 bridgehead atoms. The highest BCUT2D eigenvalue weighted by Gasteiger charge is 2.20. The Bertz CT molecular complexity index is 592. The first kappa shape index (κ1) is 13.7. The number of carbonyl (C=O) groups is 1. The second-order valence-electron chi connectivity index (χ2n) is 4.02. The standard InChI is InChI=1S/C11H14BrN5O2/c1-4-17-9(8(12)5-13-17)11(18)14-6(2)10-15-7(3)19-16-10/h5-6H,4H2,1-3H3,(H,14,18). The van der Waals surface area contributed by atoms with E-state index >= 15 is 0 Å². The zero-order valence-electron chi connectivity index (χ0n) is 10.8. The third kappa shape index (κ3) is 2.83. The molecular weight excluding hydrogens is 314 g/mol. The van der Waals surface area contributed by atoms with Crippen LogP contribution in [0.15, 0.2) is 15.2 Å². The van der Waals surface area contributed by atoms with E-state index in [-0.39, 0.29) is 11.9 Å². The lowest BCUT2D eigenvalue weighted by Gasteiger charge is -2.11. The highest BCUT2D eigenvalue weighted by Crippen LogP contribution is 2.17. The lowest BCUT2D eigenvalue weighted by Crippen LogP contribution is -2.29. The predicted octanol–water partition coefficient (Wildman–Crippen LogP) is 1.85. The van der Waals surface area contributed by atoms with Crippen molar-refractivity contribution in [1.82, 2.24) is 25.2 Å².